The van der Waals surface area contributed by atoms with E-state index in [1.807, 2.05) is 6.07 Å². The maximum atomic E-state index is 5.60. The van der Waals surface area contributed by atoms with Gasteiger partial charge >= 0.3 is 0 Å². The van der Waals surface area contributed by atoms with Gasteiger partial charge in [0.25, 0.3) is 0 Å². The zero-order valence-electron chi connectivity index (χ0n) is 7.91. The standard InChI is InChI=1S/C10H9N5/c11-10-9(4-2-6-13-10)15-14-8-3-1-5-12-7-8/h1-7H,(H2,11,13). The number of anilines is 1. The summed E-state index contributed by atoms with van der Waals surface area (Å²) in [6, 6.07) is 7.11. The van der Waals surface area contributed by atoms with Crippen molar-refractivity contribution in [2.45, 2.75) is 0 Å². The minimum Gasteiger partial charge on any atom is -0.382 e. The van der Waals surface area contributed by atoms with Crippen molar-refractivity contribution in [2.75, 3.05) is 5.73 Å². The maximum Gasteiger partial charge on any atom is 0.151 e. The maximum absolute atomic E-state index is 5.60. The van der Waals surface area contributed by atoms with Gasteiger partial charge < -0.3 is 5.73 Å². The molecule has 0 unspecified atom stereocenters. The first-order valence-electron chi connectivity index (χ1n) is 4.38. The first kappa shape index (κ1) is 9.26. The second-order valence-corrected chi connectivity index (χ2v) is 2.82. The number of nitrogens with two attached hydrogens (primary N) is 1. The van der Waals surface area contributed by atoms with E-state index in [4.69, 9.17) is 5.73 Å². The predicted octanol–water partition coefficient (Wildman–Crippen LogP) is 2.47. The Morgan fingerprint density at radius 2 is 1.93 bits per heavy atom. The van der Waals surface area contributed by atoms with Gasteiger partial charge in [0.1, 0.15) is 11.4 Å². The first-order chi connectivity index (χ1) is 7.36. The van der Waals surface area contributed by atoms with Gasteiger partial charge in [-0.3, -0.25) is 4.98 Å². The highest BCUT2D eigenvalue weighted by atomic mass is 15.1. The van der Waals surface area contributed by atoms with Crippen LogP contribution >= 0.6 is 0 Å². The van der Waals surface area contributed by atoms with Crippen LogP contribution in [0.3, 0.4) is 0 Å². The smallest absolute Gasteiger partial charge is 0.151 e. The lowest BCUT2D eigenvalue weighted by atomic mass is 10.4. The summed E-state index contributed by atoms with van der Waals surface area (Å²) in [4.78, 5) is 7.82. The van der Waals surface area contributed by atoms with Gasteiger partial charge in [-0.05, 0) is 24.3 Å². The molecule has 0 radical (unpaired) electrons. The highest BCUT2D eigenvalue weighted by molar-refractivity contribution is 5.56. The molecule has 0 amide bonds. The number of hydrogen-bond acceptors (Lipinski definition) is 5. The molecule has 2 N–H and O–H groups in total. The molecule has 5 heteroatoms. The summed E-state index contributed by atoms with van der Waals surface area (Å²) < 4.78 is 0. The van der Waals surface area contributed by atoms with Crippen LogP contribution in [0.1, 0.15) is 0 Å². The van der Waals surface area contributed by atoms with E-state index in [-0.39, 0.29) is 0 Å². The Morgan fingerprint density at radius 1 is 1.07 bits per heavy atom. The molecule has 15 heavy (non-hydrogen) atoms. The molecule has 2 aromatic rings. The van der Waals surface area contributed by atoms with Crippen molar-refractivity contribution in [3.8, 4) is 0 Å². The van der Waals surface area contributed by atoms with Crippen molar-refractivity contribution in [3.63, 3.8) is 0 Å². The molecule has 0 aromatic carbocycles. The summed E-state index contributed by atoms with van der Waals surface area (Å²) in [5, 5.41) is 7.95. The van der Waals surface area contributed by atoms with Crippen LogP contribution in [0, 0.1) is 0 Å². The van der Waals surface area contributed by atoms with Crippen LogP contribution in [0.4, 0.5) is 17.2 Å². The third-order valence-corrected chi connectivity index (χ3v) is 1.74. The molecule has 0 aliphatic rings. The lowest BCUT2D eigenvalue weighted by Crippen LogP contribution is -1.87. The SMILES string of the molecule is Nc1ncccc1N=Nc1cccnc1. The van der Waals surface area contributed by atoms with Gasteiger partial charge in [-0.1, -0.05) is 0 Å². The molecule has 2 heterocycles. The molecule has 0 fully saturated rings. The summed E-state index contributed by atoms with van der Waals surface area (Å²) in [7, 11) is 0. The first-order valence-corrected chi connectivity index (χ1v) is 4.38. The topological polar surface area (TPSA) is 76.5 Å². The summed E-state index contributed by atoms with van der Waals surface area (Å²) >= 11 is 0. The Morgan fingerprint density at radius 3 is 2.67 bits per heavy atom. The van der Waals surface area contributed by atoms with E-state index in [0.29, 0.717) is 17.2 Å². The zero-order valence-corrected chi connectivity index (χ0v) is 7.91. The lowest BCUT2D eigenvalue weighted by molar-refractivity contribution is 1.18. The lowest BCUT2D eigenvalue weighted by Gasteiger charge is -1.95. The molecular weight excluding hydrogens is 190 g/mol. The third kappa shape index (κ3) is 2.34. The van der Waals surface area contributed by atoms with Gasteiger partial charge in [0.2, 0.25) is 0 Å². The molecular formula is C10H9N5. The molecule has 0 saturated carbocycles. The summed E-state index contributed by atoms with van der Waals surface area (Å²) in [6.45, 7) is 0. The Labute approximate surface area is 86.7 Å². The number of aromatic nitrogens is 2. The molecule has 74 valence electrons. The van der Waals surface area contributed by atoms with E-state index in [1.165, 1.54) is 0 Å². The van der Waals surface area contributed by atoms with Crippen LogP contribution in [-0.4, -0.2) is 9.97 Å². The van der Waals surface area contributed by atoms with Crippen molar-refractivity contribution >= 4 is 17.2 Å². The van der Waals surface area contributed by atoms with Gasteiger partial charge in [-0.2, -0.15) is 0 Å². The van der Waals surface area contributed by atoms with Gasteiger partial charge in [0.15, 0.2) is 5.82 Å². The molecule has 0 saturated heterocycles. The van der Waals surface area contributed by atoms with Crippen molar-refractivity contribution in [1.29, 1.82) is 0 Å². The van der Waals surface area contributed by atoms with Crippen LogP contribution in [0.2, 0.25) is 0 Å². The fraction of sp³-hybridized carbons (Fsp3) is 0. The molecule has 0 bridgehead atoms. The average Bonchev–Trinajstić information content (AvgIpc) is 2.29. The number of rotatable bonds is 2. The molecule has 2 aromatic heterocycles. The summed E-state index contributed by atoms with van der Waals surface area (Å²) in [6.07, 6.45) is 4.91. The Hall–Kier alpha value is -2.30. The quantitative estimate of drug-likeness (QED) is 0.754. The molecule has 0 aliphatic carbocycles. The predicted molar refractivity (Wildman–Crippen MR) is 57.1 cm³/mol. The fourth-order valence-corrected chi connectivity index (χ4v) is 1.02. The van der Waals surface area contributed by atoms with Crippen molar-refractivity contribution in [3.05, 3.63) is 42.9 Å². The van der Waals surface area contributed by atoms with E-state index >= 15 is 0 Å². The number of hydrogen-bond donors (Lipinski definition) is 1. The van der Waals surface area contributed by atoms with Gasteiger partial charge in [-0.25, -0.2) is 4.98 Å². The number of nitrogens with zero attached hydrogens (tertiary/aromatic N) is 4. The van der Waals surface area contributed by atoms with E-state index in [9.17, 15) is 0 Å². The highest BCUT2D eigenvalue weighted by Crippen LogP contribution is 2.20. The van der Waals surface area contributed by atoms with Crippen molar-refractivity contribution < 1.29 is 0 Å². The van der Waals surface area contributed by atoms with Crippen molar-refractivity contribution in [1.82, 2.24) is 9.97 Å². The van der Waals surface area contributed by atoms with Crippen LogP contribution in [0.5, 0.6) is 0 Å². The molecule has 0 spiro atoms. The molecule has 5 nitrogen and oxygen atoms in total. The van der Waals surface area contributed by atoms with Crippen LogP contribution in [0.25, 0.3) is 0 Å². The molecule has 0 atom stereocenters. The fourth-order valence-electron chi connectivity index (χ4n) is 1.02. The molecule has 0 aliphatic heterocycles. The highest BCUT2D eigenvalue weighted by Gasteiger charge is 1.95. The van der Waals surface area contributed by atoms with Gasteiger partial charge in [0.05, 0.1) is 6.20 Å². The largest absolute Gasteiger partial charge is 0.382 e. The van der Waals surface area contributed by atoms with E-state index in [0.717, 1.165) is 0 Å². The van der Waals surface area contributed by atoms with Gasteiger partial charge in [-0.15, -0.1) is 10.2 Å². The van der Waals surface area contributed by atoms with E-state index in [2.05, 4.69) is 20.2 Å². The minimum absolute atomic E-state index is 0.366. The monoisotopic (exact) mass is 199 g/mol. The Balaban J connectivity index is 2.23. The van der Waals surface area contributed by atoms with E-state index < -0.39 is 0 Å². The number of azo groups is 1. The Bertz CT molecular complexity index is 466. The van der Waals surface area contributed by atoms with Crippen LogP contribution < -0.4 is 5.73 Å². The van der Waals surface area contributed by atoms with E-state index in [1.54, 1.807) is 36.8 Å². The Kier molecular flexibility index (Phi) is 2.64. The molecule has 2 rings (SSSR count). The normalized spacial score (nSPS) is 10.7. The summed E-state index contributed by atoms with van der Waals surface area (Å²) in [5.41, 5.74) is 6.84. The third-order valence-electron chi connectivity index (χ3n) is 1.74. The summed E-state index contributed by atoms with van der Waals surface area (Å²) in [5.74, 6) is 0.366. The minimum atomic E-state index is 0.366. The zero-order chi connectivity index (χ0) is 10.5. The second-order valence-electron chi connectivity index (χ2n) is 2.82. The van der Waals surface area contributed by atoms with Crippen molar-refractivity contribution in [2.24, 2.45) is 10.2 Å². The average molecular weight is 199 g/mol. The van der Waals surface area contributed by atoms with Gasteiger partial charge in [0, 0.05) is 12.4 Å². The number of pyridine rings is 2. The van der Waals surface area contributed by atoms with Crippen LogP contribution in [0.15, 0.2) is 53.1 Å². The number of nitrogen functional groups attached to an aromatic ring is 1. The van der Waals surface area contributed by atoms with Crippen LogP contribution in [-0.2, 0) is 0 Å². The second kappa shape index (κ2) is 4.28.